The van der Waals surface area contributed by atoms with Crippen molar-refractivity contribution in [1.82, 2.24) is 14.8 Å². The molecule has 1 aromatic carbocycles. The molecule has 0 saturated heterocycles. The van der Waals surface area contributed by atoms with Gasteiger partial charge in [0.15, 0.2) is 28.7 Å². The van der Waals surface area contributed by atoms with Crippen molar-refractivity contribution >= 4 is 40.0 Å². The molecule has 180 valence electrons. The fourth-order valence-corrected chi connectivity index (χ4v) is 5.73. The molecule has 2 aromatic heterocycles. The third kappa shape index (κ3) is 4.92. The van der Waals surface area contributed by atoms with Crippen molar-refractivity contribution in [3.05, 3.63) is 51.7 Å². The van der Waals surface area contributed by atoms with E-state index in [1.54, 1.807) is 18.5 Å². The predicted octanol–water partition coefficient (Wildman–Crippen LogP) is 4.30. The van der Waals surface area contributed by atoms with E-state index in [1.807, 2.05) is 0 Å². The first-order valence-corrected chi connectivity index (χ1v) is 12.2. The number of fused-ring (bicyclic) bond motifs is 1. The van der Waals surface area contributed by atoms with E-state index >= 15 is 0 Å². The Labute approximate surface area is 202 Å². The molecule has 8 nitrogen and oxygen atoms in total. The van der Waals surface area contributed by atoms with Gasteiger partial charge in [-0.25, -0.2) is 13.6 Å². The second-order valence-electron chi connectivity index (χ2n) is 7.62. The quantitative estimate of drug-likeness (QED) is 0.358. The zero-order chi connectivity index (χ0) is 24.4. The SMILES string of the molecule is COC(=O)c1c(NC(=O)CSc2nnc(C(C)Oc3ccc(F)cc3F)n2C)sc2c1CCC2. The van der Waals surface area contributed by atoms with Gasteiger partial charge in [-0.05, 0) is 43.9 Å². The van der Waals surface area contributed by atoms with Crippen LogP contribution in [0.15, 0.2) is 23.4 Å². The van der Waals surface area contributed by atoms with Crippen LogP contribution in [-0.4, -0.2) is 39.5 Å². The number of benzene rings is 1. The normalized spacial score (nSPS) is 13.4. The van der Waals surface area contributed by atoms with Crippen LogP contribution in [0.2, 0.25) is 0 Å². The highest BCUT2D eigenvalue weighted by molar-refractivity contribution is 7.99. The lowest BCUT2D eigenvalue weighted by atomic mass is 10.1. The van der Waals surface area contributed by atoms with Gasteiger partial charge in [-0.2, -0.15) is 0 Å². The number of hydrogen-bond acceptors (Lipinski definition) is 8. The first-order chi connectivity index (χ1) is 16.3. The first-order valence-electron chi connectivity index (χ1n) is 10.4. The number of aryl methyl sites for hydroxylation is 1. The molecule has 1 unspecified atom stereocenters. The monoisotopic (exact) mass is 508 g/mol. The molecule has 4 rings (SSSR count). The molecular formula is C22H22F2N4O4S2. The molecule has 1 amide bonds. The molecule has 2 heterocycles. The van der Waals surface area contributed by atoms with Crippen LogP contribution in [0.5, 0.6) is 5.75 Å². The number of carbonyl (C=O) groups is 2. The number of esters is 1. The van der Waals surface area contributed by atoms with Crippen molar-refractivity contribution in [2.45, 2.75) is 37.4 Å². The van der Waals surface area contributed by atoms with Crippen LogP contribution >= 0.6 is 23.1 Å². The number of amides is 1. The van der Waals surface area contributed by atoms with E-state index in [2.05, 4.69) is 15.5 Å². The number of thioether (sulfide) groups is 1. The molecular weight excluding hydrogens is 486 g/mol. The first kappa shape index (κ1) is 24.1. The highest BCUT2D eigenvalue weighted by Gasteiger charge is 2.28. The van der Waals surface area contributed by atoms with Gasteiger partial charge in [-0.1, -0.05) is 11.8 Å². The number of aromatic nitrogens is 3. The summed E-state index contributed by atoms with van der Waals surface area (Å²) in [6.45, 7) is 1.66. The van der Waals surface area contributed by atoms with E-state index in [1.165, 1.54) is 24.5 Å². The van der Waals surface area contributed by atoms with Crippen molar-refractivity contribution in [3.8, 4) is 5.75 Å². The van der Waals surface area contributed by atoms with Gasteiger partial charge in [-0.3, -0.25) is 4.79 Å². The van der Waals surface area contributed by atoms with E-state index in [0.29, 0.717) is 21.5 Å². The van der Waals surface area contributed by atoms with E-state index in [9.17, 15) is 18.4 Å². The number of halogens is 2. The molecule has 34 heavy (non-hydrogen) atoms. The number of rotatable bonds is 8. The average Bonchev–Trinajstić information content (AvgIpc) is 3.48. The van der Waals surface area contributed by atoms with Gasteiger partial charge in [0, 0.05) is 18.0 Å². The van der Waals surface area contributed by atoms with E-state index in [4.69, 9.17) is 9.47 Å². The van der Waals surface area contributed by atoms with Crippen LogP contribution in [0.3, 0.4) is 0 Å². The lowest BCUT2D eigenvalue weighted by Crippen LogP contribution is -2.16. The van der Waals surface area contributed by atoms with E-state index in [-0.39, 0.29) is 17.4 Å². The Balaban J connectivity index is 1.39. The Morgan fingerprint density at radius 1 is 1.29 bits per heavy atom. The molecule has 0 saturated carbocycles. The summed E-state index contributed by atoms with van der Waals surface area (Å²) < 4.78 is 39.1. The van der Waals surface area contributed by atoms with Gasteiger partial charge in [-0.15, -0.1) is 21.5 Å². The second kappa shape index (κ2) is 10.1. The second-order valence-corrected chi connectivity index (χ2v) is 9.67. The summed E-state index contributed by atoms with van der Waals surface area (Å²) in [7, 11) is 3.03. The maximum absolute atomic E-state index is 13.9. The third-order valence-electron chi connectivity index (χ3n) is 5.33. The molecule has 3 aromatic rings. The van der Waals surface area contributed by atoms with E-state index in [0.717, 1.165) is 53.6 Å². The van der Waals surface area contributed by atoms with Crippen molar-refractivity contribution in [2.75, 3.05) is 18.2 Å². The minimum atomic E-state index is -0.814. The molecule has 12 heteroatoms. The van der Waals surface area contributed by atoms with Crippen molar-refractivity contribution in [1.29, 1.82) is 0 Å². The fourth-order valence-electron chi connectivity index (χ4n) is 3.72. The Bertz CT molecular complexity index is 1240. The van der Waals surface area contributed by atoms with Crippen LogP contribution < -0.4 is 10.1 Å². The fraction of sp³-hybridized carbons (Fsp3) is 0.364. The number of thiophene rings is 1. The van der Waals surface area contributed by atoms with Gasteiger partial charge in [0.05, 0.1) is 18.4 Å². The largest absolute Gasteiger partial charge is 0.480 e. The molecule has 0 spiro atoms. The van der Waals surface area contributed by atoms with Crippen LogP contribution in [0.1, 0.15) is 46.1 Å². The summed E-state index contributed by atoms with van der Waals surface area (Å²) in [6, 6.07) is 3.06. The molecule has 0 bridgehead atoms. The van der Waals surface area contributed by atoms with Crippen molar-refractivity contribution in [3.63, 3.8) is 0 Å². The Morgan fingerprint density at radius 3 is 2.82 bits per heavy atom. The maximum atomic E-state index is 13.9. The number of ether oxygens (including phenoxy) is 2. The van der Waals surface area contributed by atoms with Gasteiger partial charge in [0.2, 0.25) is 5.91 Å². The van der Waals surface area contributed by atoms with Crippen molar-refractivity contribution in [2.24, 2.45) is 7.05 Å². The number of methoxy groups -OCH3 is 1. The standard InChI is InChI=1S/C22H22F2N4O4S2/c1-11(32-15-8-7-12(23)9-14(15)24)19-26-27-22(28(19)2)33-10-17(29)25-20-18(21(30)31-3)13-5-4-6-16(13)34-20/h7-9,11H,4-6,10H2,1-3H3,(H,25,29). The molecule has 1 aliphatic carbocycles. The van der Waals surface area contributed by atoms with Gasteiger partial charge in [0.25, 0.3) is 0 Å². The summed E-state index contributed by atoms with van der Waals surface area (Å²) in [5.74, 6) is -1.91. The predicted molar refractivity (Wildman–Crippen MR) is 123 cm³/mol. The number of nitrogens with zero attached hydrogens (tertiary/aromatic N) is 3. The third-order valence-corrected chi connectivity index (χ3v) is 7.55. The smallest absolute Gasteiger partial charge is 0.341 e. The van der Waals surface area contributed by atoms with Crippen LogP contribution in [0, 0.1) is 11.6 Å². The van der Waals surface area contributed by atoms with Gasteiger partial charge in [0.1, 0.15) is 10.8 Å². The zero-order valence-electron chi connectivity index (χ0n) is 18.7. The lowest BCUT2D eigenvalue weighted by molar-refractivity contribution is -0.113. The van der Waals surface area contributed by atoms with Gasteiger partial charge >= 0.3 is 5.97 Å². The molecule has 0 radical (unpaired) electrons. The average molecular weight is 509 g/mol. The highest BCUT2D eigenvalue weighted by atomic mass is 32.2. The summed E-state index contributed by atoms with van der Waals surface area (Å²) in [5, 5.41) is 12.0. The van der Waals surface area contributed by atoms with Crippen LogP contribution in [0.4, 0.5) is 13.8 Å². The summed E-state index contributed by atoms with van der Waals surface area (Å²) in [6.07, 6.45) is 2.00. The minimum absolute atomic E-state index is 0.0387. The minimum Gasteiger partial charge on any atom is -0.480 e. The Hall–Kier alpha value is -2.99. The van der Waals surface area contributed by atoms with Crippen molar-refractivity contribution < 1.29 is 27.8 Å². The van der Waals surface area contributed by atoms with E-state index < -0.39 is 23.7 Å². The summed E-state index contributed by atoms with van der Waals surface area (Å²) in [5.41, 5.74) is 1.41. The molecule has 1 N–H and O–H groups in total. The Kier molecular flexibility index (Phi) is 7.17. The molecule has 0 fully saturated rings. The number of carbonyl (C=O) groups excluding carboxylic acids is 2. The van der Waals surface area contributed by atoms with Gasteiger partial charge < -0.3 is 19.4 Å². The molecule has 0 aliphatic heterocycles. The summed E-state index contributed by atoms with van der Waals surface area (Å²) in [4.78, 5) is 26.0. The number of hydrogen-bond donors (Lipinski definition) is 1. The Morgan fingerprint density at radius 2 is 2.09 bits per heavy atom. The number of anilines is 1. The van der Waals surface area contributed by atoms with Crippen LogP contribution in [0.25, 0.3) is 0 Å². The lowest BCUT2D eigenvalue weighted by Gasteiger charge is -2.14. The molecule has 1 atom stereocenters. The number of nitrogens with one attached hydrogen (secondary N) is 1. The highest BCUT2D eigenvalue weighted by Crippen LogP contribution is 2.39. The summed E-state index contributed by atoms with van der Waals surface area (Å²) >= 11 is 2.57. The van der Waals surface area contributed by atoms with Crippen LogP contribution in [-0.2, 0) is 29.4 Å². The zero-order valence-corrected chi connectivity index (χ0v) is 20.3. The molecule has 1 aliphatic rings. The maximum Gasteiger partial charge on any atom is 0.341 e. The topological polar surface area (TPSA) is 95.3 Å².